The van der Waals surface area contributed by atoms with E-state index in [1.807, 2.05) is 0 Å². The molecule has 3 rings (SSSR count). The molecule has 0 aliphatic carbocycles. The Hall–Kier alpha value is -2.40. The van der Waals surface area contributed by atoms with Gasteiger partial charge in [-0.05, 0) is 76.1 Å². The quantitative estimate of drug-likeness (QED) is 0.316. The van der Waals surface area contributed by atoms with Crippen LogP contribution in [0.1, 0.15) is 25.7 Å². The van der Waals surface area contributed by atoms with Crippen molar-refractivity contribution >= 4 is 11.8 Å². The van der Waals surface area contributed by atoms with Crippen LogP contribution >= 0.6 is 0 Å². The lowest BCUT2D eigenvalue weighted by molar-refractivity contribution is -0.124. The molecular formula is C24H38N4O6. The van der Waals surface area contributed by atoms with Crippen LogP contribution in [0.3, 0.4) is 0 Å². The second-order valence-corrected chi connectivity index (χ2v) is 9.36. The number of β-amino-alcohol motifs (C(OH)–C–C–N with tert-alkyl or cyclic N) is 2. The number of aliphatic hydroxyl groups excluding tert-OH is 2. The van der Waals surface area contributed by atoms with Gasteiger partial charge in [0.05, 0.1) is 0 Å². The zero-order chi connectivity index (χ0) is 24.5. The maximum Gasteiger partial charge on any atom is 0.220 e. The van der Waals surface area contributed by atoms with Crippen molar-refractivity contribution in [3.8, 4) is 11.5 Å². The van der Waals surface area contributed by atoms with Gasteiger partial charge in [-0.25, -0.2) is 0 Å². The first-order chi connectivity index (χ1) is 16.3. The maximum atomic E-state index is 11.2. The number of benzene rings is 1. The minimum Gasteiger partial charge on any atom is -0.491 e. The van der Waals surface area contributed by atoms with Crippen molar-refractivity contribution in [3.63, 3.8) is 0 Å². The summed E-state index contributed by atoms with van der Waals surface area (Å²) in [5, 5.41) is 20.6. The van der Waals surface area contributed by atoms with Gasteiger partial charge in [0.2, 0.25) is 11.8 Å². The monoisotopic (exact) mass is 478 g/mol. The standard InChI is InChI=1S/C24H38N4O6/c25-23(31)17-5-9-27(10-6-17)13-19(29)15-33-21-1-2-22(4-3-21)34-16-20(30)14-28-11-7-18(8-12-28)24(26)32/h1-4,17-20,29-30H,5-16H2,(H2,25,31)(H2,26,32). The Morgan fingerprint density at radius 2 is 1.09 bits per heavy atom. The summed E-state index contributed by atoms with van der Waals surface area (Å²) in [5.74, 6) is 0.632. The van der Waals surface area contributed by atoms with E-state index in [0.29, 0.717) is 24.6 Å². The van der Waals surface area contributed by atoms with Crippen molar-refractivity contribution in [3.05, 3.63) is 24.3 Å². The molecule has 1 aromatic carbocycles. The van der Waals surface area contributed by atoms with Crippen molar-refractivity contribution < 1.29 is 29.3 Å². The zero-order valence-corrected chi connectivity index (χ0v) is 19.7. The van der Waals surface area contributed by atoms with E-state index in [9.17, 15) is 19.8 Å². The second kappa shape index (κ2) is 12.9. The Kier molecular flexibility index (Phi) is 9.94. The fraction of sp³-hybridized carbons (Fsp3) is 0.667. The minimum atomic E-state index is -0.635. The molecule has 2 aliphatic rings. The number of aliphatic hydroxyl groups is 2. The van der Waals surface area contributed by atoms with Gasteiger partial charge < -0.3 is 41.0 Å². The lowest BCUT2D eigenvalue weighted by Gasteiger charge is -2.31. The number of carbonyl (C=O) groups is 2. The van der Waals surface area contributed by atoms with Crippen LogP contribution < -0.4 is 20.9 Å². The molecule has 0 saturated carbocycles. The number of primary amides is 2. The van der Waals surface area contributed by atoms with Crippen LogP contribution in [0.15, 0.2) is 24.3 Å². The van der Waals surface area contributed by atoms with E-state index in [2.05, 4.69) is 9.80 Å². The summed E-state index contributed by atoms with van der Waals surface area (Å²) < 4.78 is 11.4. The lowest BCUT2D eigenvalue weighted by Crippen LogP contribution is -2.43. The highest BCUT2D eigenvalue weighted by Gasteiger charge is 2.25. The van der Waals surface area contributed by atoms with Crippen LogP contribution in [0.4, 0.5) is 0 Å². The summed E-state index contributed by atoms with van der Waals surface area (Å²) in [6.45, 7) is 4.29. The van der Waals surface area contributed by atoms with Gasteiger partial charge in [0.25, 0.3) is 0 Å². The zero-order valence-electron chi connectivity index (χ0n) is 19.7. The Labute approximate surface area is 200 Å². The number of hydrogen-bond donors (Lipinski definition) is 4. The fourth-order valence-corrected chi connectivity index (χ4v) is 4.52. The van der Waals surface area contributed by atoms with Gasteiger partial charge in [-0.15, -0.1) is 0 Å². The highest BCUT2D eigenvalue weighted by Crippen LogP contribution is 2.20. The Morgan fingerprint density at radius 1 is 0.765 bits per heavy atom. The molecule has 2 aliphatic heterocycles. The highest BCUT2D eigenvalue weighted by atomic mass is 16.5. The first-order valence-corrected chi connectivity index (χ1v) is 12.0. The normalized spacial score (nSPS) is 20.5. The number of hydrogen-bond acceptors (Lipinski definition) is 8. The molecule has 1 aromatic rings. The second-order valence-electron chi connectivity index (χ2n) is 9.36. The van der Waals surface area contributed by atoms with Crippen LogP contribution in [0.5, 0.6) is 11.5 Å². The molecule has 2 saturated heterocycles. The number of piperidine rings is 2. The van der Waals surface area contributed by atoms with Gasteiger partial charge in [-0.3, -0.25) is 9.59 Å². The third kappa shape index (κ3) is 8.43. The van der Waals surface area contributed by atoms with Gasteiger partial charge >= 0.3 is 0 Å². The van der Waals surface area contributed by atoms with E-state index < -0.39 is 12.2 Å². The molecule has 2 atom stereocenters. The van der Waals surface area contributed by atoms with Crippen molar-refractivity contribution in [2.75, 3.05) is 52.5 Å². The van der Waals surface area contributed by atoms with Crippen LogP contribution in [-0.2, 0) is 9.59 Å². The van der Waals surface area contributed by atoms with Gasteiger partial charge in [-0.2, -0.15) is 0 Å². The predicted octanol–water partition coefficient (Wildman–Crippen LogP) is -0.439. The summed E-state index contributed by atoms with van der Waals surface area (Å²) in [5.41, 5.74) is 10.7. The third-order valence-corrected chi connectivity index (χ3v) is 6.63. The molecule has 2 heterocycles. The SMILES string of the molecule is NC(=O)C1CCN(CC(O)COc2ccc(OCC(O)CN3CCC(C(N)=O)CC3)cc2)CC1. The fourth-order valence-electron chi connectivity index (χ4n) is 4.52. The molecule has 6 N–H and O–H groups in total. The van der Waals surface area contributed by atoms with E-state index in [0.717, 1.165) is 51.9 Å². The van der Waals surface area contributed by atoms with Crippen LogP contribution in [0, 0.1) is 11.8 Å². The highest BCUT2D eigenvalue weighted by molar-refractivity contribution is 5.77. The Balaban J connectivity index is 1.30. The Morgan fingerprint density at radius 3 is 1.38 bits per heavy atom. The van der Waals surface area contributed by atoms with Crippen molar-refractivity contribution in [1.29, 1.82) is 0 Å². The number of carbonyl (C=O) groups excluding carboxylic acids is 2. The summed E-state index contributed by atoms with van der Waals surface area (Å²) in [4.78, 5) is 26.7. The van der Waals surface area contributed by atoms with Gasteiger partial charge in [0.15, 0.2) is 0 Å². The first-order valence-electron chi connectivity index (χ1n) is 12.0. The summed E-state index contributed by atoms with van der Waals surface area (Å²) in [6.07, 6.45) is 1.65. The smallest absolute Gasteiger partial charge is 0.220 e. The molecule has 2 fully saturated rings. The molecule has 2 unspecified atom stereocenters. The van der Waals surface area contributed by atoms with Gasteiger partial charge in [-0.1, -0.05) is 0 Å². The number of likely N-dealkylation sites (tertiary alicyclic amines) is 2. The number of ether oxygens (including phenoxy) is 2. The van der Waals surface area contributed by atoms with Crippen LogP contribution in [0.2, 0.25) is 0 Å². The topological polar surface area (TPSA) is 152 Å². The van der Waals surface area contributed by atoms with Gasteiger partial charge in [0.1, 0.15) is 36.9 Å². The third-order valence-electron chi connectivity index (χ3n) is 6.63. The molecule has 0 radical (unpaired) electrons. The molecule has 10 heteroatoms. The number of nitrogens with two attached hydrogens (primary N) is 2. The molecular weight excluding hydrogens is 440 g/mol. The minimum absolute atomic E-state index is 0.0627. The number of rotatable bonds is 12. The van der Waals surface area contributed by atoms with E-state index >= 15 is 0 Å². The number of amides is 2. The summed E-state index contributed by atoms with van der Waals surface area (Å²) >= 11 is 0. The molecule has 0 aromatic heterocycles. The van der Waals surface area contributed by atoms with Gasteiger partial charge in [0, 0.05) is 24.9 Å². The Bertz CT molecular complexity index is 711. The van der Waals surface area contributed by atoms with E-state index in [1.54, 1.807) is 24.3 Å². The maximum absolute atomic E-state index is 11.2. The molecule has 190 valence electrons. The predicted molar refractivity (Wildman–Crippen MR) is 126 cm³/mol. The molecule has 0 bridgehead atoms. The molecule has 2 amide bonds. The molecule has 0 spiro atoms. The van der Waals surface area contributed by atoms with E-state index in [4.69, 9.17) is 20.9 Å². The largest absolute Gasteiger partial charge is 0.491 e. The molecule has 34 heavy (non-hydrogen) atoms. The first kappa shape index (κ1) is 26.2. The van der Waals surface area contributed by atoms with E-state index in [1.165, 1.54) is 0 Å². The van der Waals surface area contributed by atoms with Crippen LogP contribution in [-0.4, -0.2) is 96.5 Å². The molecule has 10 nitrogen and oxygen atoms in total. The van der Waals surface area contributed by atoms with Crippen LogP contribution in [0.25, 0.3) is 0 Å². The number of nitrogens with zero attached hydrogens (tertiary/aromatic N) is 2. The average Bonchev–Trinajstić information content (AvgIpc) is 2.83. The van der Waals surface area contributed by atoms with Crippen molar-refractivity contribution in [1.82, 2.24) is 9.80 Å². The lowest BCUT2D eigenvalue weighted by atomic mass is 9.96. The summed E-state index contributed by atoms with van der Waals surface area (Å²) in [6, 6.07) is 7.06. The summed E-state index contributed by atoms with van der Waals surface area (Å²) in [7, 11) is 0. The van der Waals surface area contributed by atoms with Crippen molar-refractivity contribution in [2.45, 2.75) is 37.9 Å². The van der Waals surface area contributed by atoms with Crippen molar-refractivity contribution in [2.24, 2.45) is 23.3 Å². The average molecular weight is 479 g/mol. The van der Waals surface area contributed by atoms with E-state index in [-0.39, 0.29) is 36.9 Å².